The molecule has 1 aliphatic carbocycles. The van der Waals surface area contributed by atoms with E-state index in [2.05, 4.69) is 30.2 Å². The highest BCUT2D eigenvalue weighted by Crippen LogP contribution is 2.41. The molecule has 16 heavy (non-hydrogen) atoms. The smallest absolute Gasteiger partial charge is 0.100 e. The zero-order valence-electron chi connectivity index (χ0n) is 9.98. The van der Waals surface area contributed by atoms with Crippen molar-refractivity contribution in [3.8, 4) is 6.07 Å². The highest BCUT2D eigenvalue weighted by Gasteiger charge is 2.30. The second-order valence-corrected chi connectivity index (χ2v) is 4.94. The molecule has 1 fully saturated rings. The van der Waals surface area contributed by atoms with Crippen molar-refractivity contribution in [1.82, 2.24) is 15.0 Å². The Hall–Kier alpha value is -1.37. The van der Waals surface area contributed by atoms with Gasteiger partial charge in [-0.3, -0.25) is 0 Å². The molecular weight excluding hydrogens is 200 g/mol. The van der Waals surface area contributed by atoms with Crippen molar-refractivity contribution in [3.63, 3.8) is 0 Å². The number of nitriles is 1. The molecule has 0 amide bonds. The fraction of sp³-hybridized carbons (Fsp3) is 0.750. The molecule has 4 heteroatoms. The van der Waals surface area contributed by atoms with Gasteiger partial charge in [0.15, 0.2) is 0 Å². The number of aryl methyl sites for hydroxylation is 1. The summed E-state index contributed by atoms with van der Waals surface area (Å²) < 4.78 is 2.02. The molecule has 1 saturated carbocycles. The van der Waals surface area contributed by atoms with Crippen molar-refractivity contribution in [2.24, 2.45) is 5.92 Å². The summed E-state index contributed by atoms with van der Waals surface area (Å²) in [4.78, 5) is 0. The highest BCUT2D eigenvalue weighted by atomic mass is 15.4. The van der Waals surface area contributed by atoms with E-state index in [0.29, 0.717) is 18.3 Å². The monoisotopic (exact) mass is 218 g/mol. The minimum absolute atomic E-state index is 0.396. The average molecular weight is 218 g/mol. The molecular formula is C12H18N4. The van der Waals surface area contributed by atoms with Gasteiger partial charge in [0.1, 0.15) is 5.69 Å². The van der Waals surface area contributed by atoms with E-state index < -0.39 is 0 Å². The van der Waals surface area contributed by atoms with Crippen LogP contribution in [0, 0.1) is 17.2 Å². The van der Waals surface area contributed by atoms with Crippen LogP contribution < -0.4 is 0 Å². The molecule has 4 nitrogen and oxygen atoms in total. The fourth-order valence-corrected chi connectivity index (χ4v) is 1.91. The van der Waals surface area contributed by atoms with E-state index in [0.717, 1.165) is 18.7 Å². The van der Waals surface area contributed by atoms with Crippen LogP contribution >= 0.6 is 0 Å². The van der Waals surface area contributed by atoms with Gasteiger partial charge in [-0.15, -0.1) is 5.10 Å². The molecule has 0 bridgehead atoms. The first kappa shape index (κ1) is 11.1. The number of hydrogen-bond donors (Lipinski definition) is 0. The quantitative estimate of drug-likeness (QED) is 0.761. The second kappa shape index (κ2) is 4.65. The van der Waals surface area contributed by atoms with E-state index in [1.54, 1.807) is 0 Å². The van der Waals surface area contributed by atoms with Crippen molar-refractivity contribution in [2.75, 3.05) is 0 Å². The van der Waals surface area contributed by atoms with Crippen molar-refractivity contribution < 1.29 is 0 Å². The van der Waals surface area contributed by atoms with Gasteiger partial charge in [-0.05, 0) is 25.2 Å². The molecule has 0 saturated heterocycles. The van der Waals surface area contributed by atoms with Crippen molar-refractivity contribution in [3.05, 3.63) is 11.4 Å². The molecule has 0 radical (unpaired) electrons. The number of aromatic nitrogens is 3. The first-order chi connectivity index (χ1) is 7.72. The normalized spacial score (nSPS) is 15.4. The van der Waals surface area contributed by atoms with E-state index >= 15 is 0 Å². The van der Waals surface area contributed by atoms with Gasteiger partial charge in [0.25, 0.3) is 0 Å². The Bertz CT molecular complexity index is 396. The van der Waals surface area contributed by atoms with Crippen LogP contribution in [0.25, 0.3) is 0 Å². The van der Waals surface area contributed by atoms with Gasteiger partial charge in [-0.2, -0.15) is 5.26 Å². The number of rotatable bonds is 5. The van der Waals surface area contributed by atoms with E-state index in [9.17, 15) is 0 Å². The Morgan fingerprint density at radius 1 is 1.50 bits per heavy atom. The molecule has 1 aromatic heterocycles. The zero-order chi connectivity index (χ0) is 11.5. The second-order valence-electron chi connectivity index (χ2n) is 4.94. The lowest BCUT2D eigenvalue weighted by Crippen LogP contribution is -2.07. The minimum atomic E-state index is 0.396. The number of hydrogen-bond acceptors (Lipinski definition) is 3. The van der Waals surface area contributed by atoms with Crippen molar-refractivity contribution >= 4 is 0 Å². The summed E-state index contributed by atoms with van der Waals surface area (Å²) in [6.45, 7) is 5.36. The van der Waals surface area contributed by atoms with Gasteiger partial charge in [0, 0.05) is 12.5 Å². The third-order valence-electron chi connectivity index (χ3n) is 2.98. The van der Waals surface area contributed by atoms with Gasteiger partial charge in [0.2, 0.25) is 0 Å². The molecule has 1 aliphatic rings. The topological polar surface area (TPSA) is 54.5 Å². The van der Waals surface area contributed by atoms with Gasteiger partial charge in [-0.1, -0.05) is 19.1 Å². The summed E-state index contributed by atoms with van der Waals surface area (Å²) in [5, 5.41) is 17.1. The van der Waals surface area contributed by atoms with E-state index in [4.69, 9.17) is 5.26 Å². The average Bonchev–Trinajstić information content (AvgIpc) is 2.99. The predicted octanol–water partition coefficient (Wildman–Crippen LogP) is 2.27. The van der Waals surface area contributed by atoms with Crippen LogP contribution in [0.15, 0.2) is 0 Å². The summed E-state index contributed by atoms with van der Waals surface area (Å²) in [5.41, 5.74) is 2.12. The van der Waals surface area contributed by atoms with Crippen LogP contribution in [-0.2, 0) is 13.0 Å². The molecule has 0 spiro atoms. The van der Waals surface area contributed by atoms with Crippen LogP contribution in [-0.4, -0.2) is 15.0 Å². The van der Waals surface area contributed by atoms with E-state index in [-0.39, 0.29) is 0 Å². The molecule has 86 valence electrons. The Balaban J connectivity index is 2.14. The third kappa shape index (κ3) is 2.41. The lowest BCUT2D eigenvalue weighted by atomic mass is 10.1. The van der Waals surface area contributed by atoms with Gasteiger partial charge >= 0.3 is 0 Å². The highest BCUT2D eigenvalue weighted by molar-refractivity contribution is 5.22. The van der Waals surface area contributed by atoms with Crippen molar-refractivity contribution in [2.45, 2.75) is 52.0 Å². The fourth-order valence-electron chi connectivity index (χ4n) is 1.91. The maximum absolute atomic E-state index is 8.75. The summed E-state index contributed by atoms with van der Waals surface area (Å²) in [6, 6.07) is 2.17. The molecule has 1 heterocycles. The summed E-state index contributed by atoms with van der Waals surface area (Å²) >= 11 is 0. The largest absolute Gasteiger partial charge is 0.249 e. The standard InChI is InChI=1S/C12H18N4/c1-9(2)6-8-16-12(10-3-4-10)11(5-7-13)14-15-16/h9-10H,3-6,8H2,1-2H3. The van der Waals surface area contributed by atoms with Crippen LogP contribution in [0.1, 0.15) is 50.4 Å². The molecule has 0 aromatic carbocycles. The third-order valence-corrected chi connectivity index (χ3v) is 2.98. The molecule has 0 atom stereocenters. The first-order valence-electron chi connectivity index (χ1n) is 6.01. The van der Waals surface area contributed by atoms with E-state index in [1.807, 2.05) is 4.68 Å². The molecule has 0 aliphatic heterocycles. The predicted molar refractivity (Wildman–Crippen MR) is 60.8 cm³/mol. The Morgan fingerprint density at radius 2 is 2.25 bits per heavy atom. The van der Waals surface area contributed by atoms with Crippen molar-refractivity contribution in [1.29, 1.82) is 5.26 Å². The molecule has 1 aromatic rings. The molecule has 0 unspecified atom stereocenters. The lowest BCUT2D eigenvalue weighted by molar-refractivity contribution is 0.467. The van der Waals surface area contributed by atoms with Crippen LogP contribution in [0.2, 0.25) is 0 Å². The Labute approximate surface area is 96.3 Å². The van der Waals surface area contributed by atoms with Crippen LogP contribution in [0.4, 0.5) is 0 Å². The van der Waals surface area contributed by atoms with Crippen LogP contribution in [0.5, 0.6) is 0 Å². The first-order valence-corrected chi connectivity index (χ1v) is 6.01. The van der Waals surface area contributed by atoms with E-state index in [1.165, 1.54) is 18.5 Å². The molecule has 0 N–H and O–H groups in total. The minimum Gasteiger partial charge on any atom is -0.249 e. The van der Waals surface area contributed by atoms with Gasteiger partial charge in [0.05, 0.1) is 18.2 Å². The zero-order valence-corrected chi connectivity index (χ0v) is 9.98. The maximum Gasteiger partial charge on any atom is 0.100 e. The molecule has 2 rings (SSSR count). The Morgan fingerprint density at radius 3 is 2.81 bits per heavy atom. The Kier molecular flexibility index (Phi) is 3.23. The lowest BCUT2D eigenvalue weighted by Gasteiger charge is -2.07. The summed E-state index contributed by atoms with van der Waals surface area (Å²) in [7, 11) is 0. The number of nitrogens with zero attached hydrogens (tertiary/aromatic N) is 4. The van der Waals surface area contributed by atoms with Gasteiger partial charge < -0.3 is 0 Å². The maximum atomic E-state index is 8.75. The SMILES string of the molecule is CC(C)CCn1nnc(CC#N)c1C1CC1. The summed E-state index contributed by atoms with van der Waals surface area (Å²) in [6.07, 6.45) is 3.98. The summed E-state index contributed by atoms with van der Waals surface area (Å²) in [5.74, 6) is 1.29. The van der Waals surface area contributed by atoms with Crippen LogP contribution in [0.3, 0.4) is 0 Å². The van der Waals surface area contributed by atoms with Gasteiger partial charge in [-0.25, -0.2) is 4.68 Å².